The lowest BCUT2D eigenvalue weighted by atomic mass is 9.70. The average molecular weight is 455 g/mol. The molecular weight excluding hydrogens is 433 g/mol. The zero-order valence-corrected chi connectivity index (χ0v) is 18.5. The molecule has 158 valence electrons. The van der Waals surface area contributed by atoms with Gasteiger partial charge in [-0.3, -0.25) is 4.79 Å². The van der Waals surface area contributed by atoms with Crippen molar-refractivity contribution in [3.05, 3.63) is 70.6 Å². The Labute approximate surface area is 194 Å². The van der Waals surface area contributed by atoms with Crippen LogP contribution in [0.3, 0.4) is 0 Å². The molecule has 1 atom stereocenters. The molecule has 4 N–H and O–H groups in total. The lowest BCUT2D eigenvalue weighted by molar-refractivity contribution is 0.0940. The van der Waals surface area contributed by atoms with Gasteiger partial charge in [-0.1, -0.05) is 54.6 Å². The maximum Gasteiger partial charge on any atom is 0.267 e. The fourth-order valence-electron chi connectivity index (χ4n) is 2.43. The van der Waals surface area contributed by atoms with Crippen LogP contribution >= 0.6 is 23.2 Å². The number of benzene rings is 1. The lowest BCUT2D eigenvalue weighted by Gasteiger charge is -2.26. The van der Waals surface area contributed by atoms with Crippen molar-refractivity contribution in [3.8, 4) is 11.1 Å². The van der Waals surface area contributed by atoms with Crippen LogP contribution in [0, 0.1) is 0 Å². The Morgan fingerprint density at radius 3 is 2.55 bits per heavy atom. The summed E-state index contributed by atoms with van der Waals surface area (Å²) in [6.45, 7) is 1.82. The number of anilines is 1. The van der Waals surface area contributed by atoms with Crippen molar-refractivity contribution in [3.63, 3.8) is 0 Å². The molecule has 1 aromatic carbocycles. The molecule has 0 aliphatic heterocycles. The van der Waals surface area contributed by atoms with E-state index in [0.29, 0.717) is 22.1 Å². The van der Waals surface area contributed by atoms with Gasteiger partial charge in [0.15, 0.2) is 0 Å². The molecule has 31 heavy (non-hydrogen) atoms. The van der Waals surface area contributed by atoms with Crippen LogP contribution in [0.5, 0.6) is 0 Å². The fraction of sp³-hybridized carbons (Fsp3) is 0.238. The molecule has 1 amide bonds. The molecule has 0 saturated heterocycles. The summed E-state index contributed by atoms with van der Waals surface area (Å²) in [4.78, 5) is 19.0. The number of aromatic amines is 1. The van der Waals surface area contributed by atoms with Crippen molar-refractivity contribution in [2.75, 3.05) is 18.5 Å². The predicted octanol–water partition coefficient (Wildman–Crippen LogP) is 3.68. The monoisotopic (exact) mass is 454 g/mol. The molecule has 0 aliphatic carbocycles. The predicted molar refractivity (Wildman–Crippen MR) is 128 cm³/mol. The summed E-state index contributed by atoms with van der Waals surface area (Å²) >= 11 is 11.8. The largest absolute Gasteiger partial charge is 0.395 e. The van der Waals surface area contributed by atoms with E-state index in [1.807, 2.05) is 30.3 Å². The van der Waals surface area contributed by atoms with Crippen LogP contribution in [-0.4, -0.2) is 55.3 Å². The Morgan fingerprint density at radius 2 is 1.97 bits per heavy atom. The number of aliphatic hydroxyl groups is 1. The van der Waals surface area contributed by atoms with Gasteiger partial charge in [0.1, 0.15) is 19.4 Å². The van der Waals surface area contributed by atoms with Crippen molar-refractivity contribution in [1.29, 1.82) is 0 Å². The number of nitrogens with one attached hydrogen (secondary N) is 3. The minimum Gasteiger partial charge on any atom is -0.395 e. The van der Waals surface area contributed by atoms with Crippen molar-refractivity contribution in [2.24, 2.45) is 0 Å². The first-order valence-electron chi connectivity index (χ1n) is 9.47. The number of aliphatic hydroxyl groups excluding tert-OH is 1. The zero-order valence-electron chi connectivity index (χ0n) is 17.0. The molecule has 3 aromatic rings. The fourth-order valence-corrected chi connectivity index (χ4v) is 2.79. The van der Waals surface area contributed by atoms with E-state index >= 15 is 0 Å². The Morgan fingerprint density at radius 1 is 1.26 bits per heavy atom. The summed E-state index contributed by atoms with van der Waals surface area (Å²) in [7, 11) is 11.6. The van der Waals surface area contributed by atoms with Gasteiger partial charge in [0, 0.05) is 35.1 Å². The van der Waals surface area contributed by atoms with Gasteiger partial charge in [0.05, 0.1) is 19.5 Å². The first-order valence-corrected chi connectivity index (χ1v) is 10.2. The summed E-state index contributed by atoms with van der Waals surface area (Å²) in [6, 6.07) is 12.9. The van der Waals surface area contributed by atoms with Crippen LogP contribution in [0.2, 0.25) is 16.4 Å². The highest BCUT2D eigenvalue weighted by Crippen LogP contribution is 2.30. The first-order chi connectivity index (χ1) is 14.8. The Kier molecular flexibility index (Phi) is 9.49. The van der Waals surface area contributed by atoms with E-state index in [-0.39, 0.29) is 25.4 Å². The molecule has 2 aromatic heterocycles. The summed E-state index contributed by atoms with van der Waals surface area (Å²) < 4.78 is 0. The molecule has 10 heteroatoms. The van der Waals surface area contributed by atoms with Gasteiger partial charge in [-0.05, 0) is 29.7 Å². The van der Waals surface area contributed by atoms with Gasteiger partial charge in [-0.15, -0.1) is 0 Å². The van der Waals surface area contributed by atoms with E-state index in [4.69, 9.17) is 44.0 Å². The van der Waals surface area contributed by atoms with Gasteiger partial charge in [-0.2, -0.15) is 0 Å². The van der Waals surface area contributed by atoms with Gasteiger partial charge in [-0.25, -0.2) is 4.98 Å². The van der Waals surface area contributed by atoms with Crippen molar-refractivity contribution in [2.45, 2.75) is 18.7 Å². The number of halogens is 2. The number of pyridine rings is 1. The van der Waals surface area contributed by atoms with E-state index in [1.165, 1.54) is 6.20 Å². The van der Waals surface area contributed by atoms with Gasteiger partial charge >= 0.3 is 0 Å². The second-order valence-electron chi connectivity index (χ2n) is 6.87. The average Bonchev–Trinajstić information content (AvgIpc) is 3.24. The van der Waals surface area contributed by atoms with Crippen LogP contribution in [0.25, 0.3) is 11.1 Å². The molecule has 2 heterocycles. The number of carbonyl (C=O) groups excluding carboxylic acids is 1. The second-order valence-corrected chi connectivity index (χ2v) is 7.72. The number of hydrogen-bond donors (Lipinski definition) is 4. The number of nitrogens with zero attached hydrogens (tertiary/aromatic N) is 1. The van der Waals surface area contributed by atoms with Crippen molar-refractivity contribution >= 4 is 50.6 Å². The van der Waals surface area contributed by atoms with Crippen LogP contribution in [0.1, 0.15) is 17.4 Å². The van der Waals surface area contributed by atoms with E-state index < -0.39 is 5.44 Å². The Hall–Kier alpha value is -2.41. The SMILES string of the molecule is Clc1ccccc1.[B]CC([B])(C)Nc1cc(-c2c[nH]c(C(=O)NCCO)c2)c(Cl)cn1. The van der Waals surface area contributed by atoms with Crippen LogP contribution in [-0.2, 0) is 0 Å². The van der Waals surface area contributed by atoms with E-state index in [9.17, 15) is 4.79 Å². The maximum absolute atomic E-state index is 11.9. The summed E-state index contributed by atoms with van der Waals surface area (Å²) in [6.07, 6.45) is 3.40. The molecule has 0 fully saturated rings. The van der Waals surface area contributed by atoms with Gasteiger partial charge in [0.2, 0.25) is 0 Å². The number of carbonyl (C=O) groups is 1. The Bertz CT molecular complexity index is 985. The smallest absolute Gasteiger partial charge is 0.267 e. The van der Waals surface area contributed by atoms with E-state index in [2.05, 4.69) is 20.6 Å². The number of H-pyrrole nitrogens is 1. The highest BCUT2D eigenvalue weighted by atomic mass is 35.5. The highest BCUT2D eigenvalue weighted by molar-refractivity contribution is 6.33. The molecule has 0 bridgehead atoms. The van der Waals surface area contributed by atoms with Crippen LogP contribution < -0.4 is 10.6 Å². The van der Waals surface area contributed by atoms with Crippen LogP contribution in [0.15, 0.2) is 54.9 Å². The molecular formula is C21H22B2Cl2N4O2. The molecule has 6 nitrogen and oxygen atoms in total. The quantitative estimate of drug-likeness (QED) is 0.410. The molecule has 0 saturated carbocycles. The summed E-state index contributed by atoms with van der Waals surface area (Å²) in [5.41, 5.74) is 0.989. The molecule has 3 rings (SSSR count). The third-order valence-electron chi connectivity index (χ3n) is 4.06. The third kappa shape index (κ3) is 7.98. The number of rotatable bonds is 7. The van der Waals surface area contributed by atoms with E-state index in [1.54, 1.807) is 25.3 Å². The molecule has 1 unspecified atom stereocenters. The lowest BCUT2D eigenvalue weighted by Crippen LogP contribution is -2.34. The minimum atomic E-state index is -0.800. The number of aromatic nitrogens is 2. The minimum absolute atomic E-state index is 0.122. The van der Waals surface area contributed by atoms with E-state index in [0.717, 1.165) is 10.6 Å². The van der Waals surface area contributed by atoms with Gasteiger partial charge < -0.3 is 20.7 Å². The normalized spacial score (nSPS) is 12.3. The number of hydrogen-bond acceptors (Lipinski definition) is 4. The molecule has 4 radical (unpaired) electrons. The zero-order chi connectivity index (χ0) is 22.9. The van der Waals surface area contributed by atoms with Crippen molar-refractivity contribution < 1.29 is 9.90 Å². The topological polar surface area (TPSA) is 90.0 Å². The standard InChI is InChI=1S/C15H17B2ClN4O2.C6H5Cl/c1-15(17,8-16)22-13-5-10(11(18)7-21-13)9-4-12(20-6-9)14(24)19-2-3-23;7-6-4-2-1-3-5-6/h4-7,20,23H,2-3,8H2,1H3,(H,19,24)(H,21,22);1-5H. The van der Waals surface area contributed by atoms with Crippen molar-refractivity contribution in [1.82, 2.24) is 15.3 Å². The van der Waals surface area contributed by atoms with Gasteiger partial charge in [0.25, 0.3) is 5.91 Å². The second kappa shape index (κ2) is 11.8. The Balaban J connectivity index is 0.000000412. The van der Waals surface area contributed by atoms with Crippen LogP contribution in [0.4, 0.5) is 5.82 Å². The third-order valence-corrected chi connectivity index (χ3v) is 4.62. The summed E-state index contributed by atoms with van der Waals surface area (Å²) in [5.74, 6) is 0.217. The highest BCUT2D eigenvalue weighted by Gasteiger charge is 2.16. The molecule has 0 spiro atoms. The number of amides is 1. The molecule has 0 aliphatic rings. The maximum atomic E-state index is 11.9. The summed E-state index contributed by atoms with van der Waals surface area (Å²) in [5, 5.41) is 15.6. The first kappa shape index (κ1) is 24.9.